The minimum Gasteiger partial charge on any atom is -0.348 e. The predicted molar refractivity (Wildman–Crippen MR) is 130 cm³/mol. The van der Waals surface area contributed by atoms with E-state index in [1.54, 1.807) is 30.7 Å². The topological polar surface area (TPSA) is 94.8 Å². The van der Waals surface area contributed by atoms with Gasteiger partial charge in [-0.2, -0.15) is 5.26 Å². The highest BCUT2D eigenvalue weighted by atomic mass is 19.1. The lowest BCUT2D eigenvalue weighted by molar-refractivity contribution is 0.0922. The van der Waals surface area contributed by atoms with Gasteiger partial charge in [0.1, 0.15) is 22.4 Å². The molecular formula is C27H29FN6O. The summed E-state index contributed by atoms with van der Waals surface area (Å²) in [4.78, 5) is 28.2. The molecule has 1 amide bonds. The predicted octanol–water partition coefficient (Wildman–Crippen LogP) is 4.28. The van der Waals surface area contributed by atoms with Crippen LogP contribution in [0.25, 0.3) is 10.9 Å². The van der Waals surface area contributed by atoms with Crippen molar-refractivity contribution in [1.82, 2.24) is 25.2 Å². The third kappa shape index (κ3) is 4.87. The third-order valence-corrected chi connectivity index (χ3v) is 7.42. The van der Waals surface area contributed by atoms with Gasteiger partial charge in [0.2, 0.25) is 0 Å². The van der Waals surface area contributed by atoms with Gasteiger partial charge < -0.3 is 5.32 Å². The number of hydrogen-bond donors (Lipinski definition) is 1. The molecule has 7 nitrogen and oxygen atoms in total. The average Bonchev–Trinajstić information content (AvgIpc) is 2.91. The van der Waals surface area contributed by atoms with Crippen LogP contribution >= 0.6 is 0 Å². The molecule has 1 saturated carbocycles. The highest BCUT2D eigenvalue weighted by Gasteiger charge is 2.38. The lowest BCUT2D eigenvalue weighted by Crippen LogP contribution is -2.42. The Kier molecular flexibility index (Phi) is 6.69. The number of piperidine rings is 1. The van der Waals surface area contributed by atoms with Gasteiger partial charge in [-0.3, -0.25) is 19.7 Å². The van der Waals surface area contributed by atoms with Gasteiger partial charge in [-0.1, -0.05) is 31.4 Å². The first-order chi connectivity index (χ1) is 17.1. The van der Waals surface area contributed by atoms with Crippen molar-refractivity contribution < 1.29 is 9.18 Å². The van der Waals surface area contributed by atoms with Crippen LogP contribution in [0, 0.1) is 17.1 Å². The van der Waals surface area contributed by atoms with E-state index in [2.05, 4.69) is 31.2 Å². The summed E-state index contributed by atoms with van der Waals surface area (Å²) in [7, 11) is 0. The lowest BCUT2D eigenvalue weighted by Gasteiger charge is -2.36. The molecule has 8 heteroatoms. The number of benzene rings is 1. The smallest absolute Gasteiger partial charge is 0.270 e. The fraction of sp³-hybridized carbons (Fsp3) is 0.444. The molecule has 0 bridgehead atoms. The molecule has 180 valence electrons. The Bertz CT molecular complexity index is 1240. The number of nitrogens with zero attached hydrogens (tertiary/aromatic N) is 5. The van der Waals surface area contributed by atoms with Crippen LogP contribution in [0.2, 0.25) is 0 Å². The molecule has 0 atom stereocenters. The minimum absolute atomic E-state index is 0.153. The number of likely N-dealkylation sites (tertiary alicyclic amines) is 1. The lowest BCUT2D eigenvalue weighted by atomic mass is 9.77. The zero-order valence-corrected chi connectivity index (χ0v) is 19.7. The van der Waals surface area contributed by atoms with Gasteiger partial charge >= 0.3 is 0 Å². The Labute approximate surface area is 204 Å². The van der Waals surface area contributed by atoms with E-state index in [9.17, 15) is 14.4 Å². The molecule has 0 unspecified atom stereocenters. The number of rotatable bonds is 5. The van der Waals surface area contributed by atoms with Crippen molar-refractivity contribution in [1.29, 1.82) is 5.26 Å². The van der Waals surface area contributed by atoms with Crippen LogP contribution in [-0.2, 0) is 12.0 Å². The summed E-state index contributed by atoms with van der Waals surface area (Å²) in [5.74, 6) is -0.672. The number of para-hydroxylation sites is 1. The Hall–Kier alpha value is -3.44. The second kappa shape index (κ2) is 10.0. The molecule has 1 aliphatic heterocycles. The SMILES string of the molecule is N#CC1(c2cnccn2)CCN(Cc2cc(C(=O)NC3CCCCC3)nc3c(F)cccc23)CC1. The summed E-state index contributed by atoms with van der Waals surface area (Å²) < 4.78 is 14.7. The normalized spacial score (nSPS) is 18.7. The Morgan fingerprint density at radius 2 is 2.00 bits per heavy atom. The monoisotopic (exact) mass is 472 g/mol. The van der Waals surface area contributed by atoms with Gasteiger partial charge in [0.25, 0.3) is 5.91 Å². The third-order valence-electron chi connectivity index (χ3n) is 7.42. The number of carbonyl (C=O) groups excluding carboxylic acids is 1. The molecular weight excluding hydrogens is 443 g/mol. The van der Waals surface area contributed by atoms with Crippen molar-refractivity contribution >= 4 is 16.8 Å². The van der Waals surface area contributed by atoms with E-state index >= 15 is 0 Å². The number of nitriles is 1. The van der Waals surface area contributed by atoms with Gasteiger partial charge in [-0.05, 0) is 43.4 Å². The van der Waals surface area contributed by atoms with E-state index < -0.39 is 11.2 Å². The summed E-state index contributed by atoms with van der Waals surface area (Å²) >= 11 is 0. The second-order valence-corrected chi connectivity index (χ2v) is 9.67. The van der Waals surface area contributed by atoms with Crippen LogP contribution < -0.4 is 5.32 Å². The molecule has 5 rings (SSSR count). The molecule has 3 aromatic rings. The number of nitrogens with one attached hydrogen (secondary N) is 1. The molecule has 0 spiro atoms. The highest BCUT2D eigenvalue weighted by Crippen LogP contribution is 2.34. The maximum Gasteiger partial charge on any atom is 0.270 e. The van der Waals surface area contributed by atoms with E-state index in [0.29, 0.717) is 43.6 Å². The molecule has 35 heavy (non-hydrogen) atoms. The molecule has 1 N–H and O–H groups in total. The fourth-order valence-electron chi connectivity index (χ4n) is 5.34. The summed E-state index contributed by atoms with van der Waals surface area (Å²) in [5, 5.41) is 13.8. The molecule has 1 saturated heterocycles. The number of aromatic nitrogens is 3. The first kappa shape index (κ1) is 23.3. The summed E-state index contributed by atoms with van der Waals surface area (Å²) in [6.45, 7) is 1.92. The average molecular weight is 473 g/mol. The number of fused-ring (bicyclic) bond motifs is 1. The van der Waals surface area contributed by atoms with E-state index in [1.165, 1.54) is 12.5 Å². The van der Waals surface area contributed by atoms with Crippen molar-refractivity contribution in [2.45, 2.75) is 62.9 Å². The minimum atomic E-state index is -0.651. The first-order valence-corrected chi connectivity index (χ1v) is 12.4. The van der Waals surface area contributed by atoms with Crippen LogP contribution in [0.15, 0.2) is 42.9 Å². The number of carbonyl (C=O) groups is 1. The molecule has 3 heterocycles. The maximum absolute atomic E-state index is 14.7. The Balaban J connectivity index is 1.37. The van der Waals surface area contributed by atoms with E-state index in [1.807, 2.05) is 6.07 Å². The Morgan fingerprint density at radius 3 is 2.71 bits per heavy atom. The van der Waals surface area contributed by atoms with Crippen molar-refractivity contribution in [3.63, 3.8) is 0 Å². The number of pyridine rings is 1. The molecule has 2 aromatic heterocycles. The summed E-state index contributed by atoms with van der Waals surface area (Å²) in [6, 6.07) is 9.34. The number of hydrogen-bond acceptors (Lipinski definition) is 6. The largest absolute Gasteiger partial charge is 0.348 e. The van der Waals surface area contributed by atoms with Crippen LogP contribution in [-0.4, -0.2) is 44.9 Å². The van der Waals surface area contributed by atoms with Crippen molar-refractivity contribution in [3.8, 4) is 6.07 Å². The summed E-state index contributed by atoms with van der Waals surface area (Å²) in [6.07, 6.45) is 11.6. The molecule has 2 aliphatic rings. The van der Waals surface area contributed by atoms with Crippen molar-refractivity contribution in [2.24, 2.45) is 0 Å². The standard InChI is InChI=1S/C27H29FN6O/c28-22-8-4-7-21-19(15-23(33-25(21)22)26(35)32-20-5-2-1-3-6-20)17-34-13-9-27(18-29,10-14-34)24-16-30-11-12-31-24/h4,7-8,11-12,15-16,20H,1-3,5-6,9-10,13-14,17H2,(H,32,35). The van der Waals surface area contributed by atoms with Gasteiger partial charge in [0.05, 0.1) is 18.0 Å². The fourth-order valence-corrected chi connectivity index (χ4v) is 5.34. The zero-order valence-electron chi connectivity index (χ0n) is 19.7. The number of amides is 1. The van der Waals surface area contributed by atoms with Gasteiger partial charge in [-0.15, -0.1) is 0 Å². The second-order valence-electron chi connectivity index (χ2n) is 9.67. The quantitative estimate of drug-likeness (QED) is 0.596. The highest BCUT2D eigenvalue weighted by molar-refractivity contribution is 5.96. The number of halogens is 1. The molecule has 1 aromatic carbocycles. The summed E-state index contributed by atoms with van der Waals surface area (Å²) in [5.41, 5.74) is 1.41. The molecule has 1 aliphatic carbocycles. The van der Waals surface area contributed by atoms with Crippen LogP contribution in [0.4, 0.5) is 4.39 Å². The van der Waals surface area contributed by atoms with E-state index in [4.69, 9.17) is 0 Å². The van der Waals surface area contributed by atoms with Crippen LogP contribution in [0.5, 0.6) is 0 Å². The van der Waals surface area contributed by atoms with Crippen molar-refractivity contribution in [3.05, 3.63) is 65.6 Å². The van der Waals surface area contributed by atoms with Crippen LogP contribution in [0.1, 0.15) is 66.7 Å². The van der Waals surface area contributed by atoms with Gasteiger partial charge in [-0.25, -0.2) is 9.37 Å². The molecule has 0 radical (unpaired) electrons. The van der Waals surface area contributed by atoms with Crippen molar-refractivity contribution in [2.75, 3.05) is 13.1 Å². The van der Waals surface area contributed by atoms with Gasteiger partial charge in [0.15, 0.2) is 0 Å². The molecule has 2 fully saturated rings. The van der Waals surface area contributed by atoms with Gasteiger partial charge in [0, 0.05) is 43.5 Å². The van der Waals surface area contributed by atoms with E-state index in [0.717, 1.165) is 31.2 Å². The van der Waals surface area contributed by atoms with Crippen LogP contribution in [0.3, 0.4) is 0 Å². The maximum atomic E-state index is 14.7. The zero-order chi connectivity index (χ0) is 24.3. The Morgan fingerprint density at radius 1 is 1.20 bits per heavy atom. The first-order valence-electron chi connectivity index (χ1n) is 12.4. The van der Waals surface area contributed by atoms with E-state index in [-0.39, 0.29) is 23.2 Å².